The molecule has 0 aliphatic carbocycles. The molecule has 3 N–H and O–H groups in total. The third-order valence-corrected chi connectivity index (χ3v) is 7.08. The number of thioether (sulfide) groups is 1. The number of rotatable bonds is 10. The molecule has 0 aliphatic heterocycles. The number of hydrogen-bond acceptors (Lipinski definition) is 6. The highest BCUT2D eigenvalue weighted by atomic mass is 32.2. The number of esters is 1. The SMILES string of the molecule is COC(=O)c1ccccc1NC(=O)CSc1cccc(NC(=O)/C(=C\c2ccccc2C)NC(=O)c2ccccc2)c1. The zero-order chi connectivity index (χ0) is 29.9. The molecule has 42 heavy (non-hydrogen) atoms. The van der Waals surface area contributed by atoms with Crippen LogP contribution in [0.3, 0.4) is 0 Å². The number of ether oxygens (including phenoxy) is 1. The van der Waals surface area contributed by atoms with E-state index in [0.717, 1.165) is 16.0 Å². The number of anilines is 2. The Balaban J connectivity index is 1.45. The van der Waals surface area contributed by atoms with E-state index in [-0.39, 0.29) is 22.9 Å². The standard InChI is InChI=1S/C33H29N3O5S/c1-22-11-6-7-14-24(22)19-29(36-31(38)23-12-4-3-5-13-23)32(39)34-25-15-10-16-26(20-25)42-21-30(37)35-28-18-9-8-17-27(28)33(40)41-2/h3-20H,21H2,1-2H3,(H,34,39)(H,35,37)(H,36,38)/b29-19+. The fraction of sp³-hybridized carbons (Fsp3) is 0.0909. The molecule has 0 spiro atoms. The summed E-state index contributed by atoms with van der Waals surface area (Å²) in [5.74, 6) is -1.69. The maximum Gasteiger partial charge on any atom is 0.339 e. The van der Waals surface area contributed by atoms with Gasteiger partial charge < -0.3 is 20.7 Å². The smallest absolute Gasteiger partial charge is 0.339 e. The third kappa shape index (κ3) is 8.18. The van der Waals surface area contributed by atoms with Gasteiger partial charge in [-0.15, -0.1) is 11.8 Å². The number of carbonyl (C=O) groups excluding carboxylic acids is 4. The van der Waals surface area contributed by atoms with Crippen molar-refractivity contribution in [2.45, 2.75) is 11.8 Å². The minimum atomic E-state index is -0.544. The lowest BCUT2D eigenvalue weighted by Crippen LogP contribution is -2.30. The predicted molar refractivity (Wildman–Crippen MR) is 165 cm³/mol. The highest BCUT2D eigenvalue weighted by molar-refractivity contribution is 8.00. The number of methoxy groups -OCH3 is 1. The molecule has 0 fully saturated rings. The Morgan fingerprint density at radius 3 is 2.29 bits per heavy atom. The van der Waals surface area contributed by atoms with Crippen molar-refractivity contribution in [2.24, 2.45) is 0 Å². The summed E-state index contributed by atoms with van der Waals surface area (Å²) >= 11 is 1.27. The topological polar surface area (TPSA) is 114 Å². The van der Waals surface area contributed by atoms with Crippen LogP contribution >= 0.6 is 11.8 Å². The van der Waals surface area contributed by atoms with Gasteiger partial charge in [-0.1, -0.05) is 60.7 Å². The molecule has 0 bridgehead atoms. The van der Waals surface area contributed by atoms with Crippen molar-refractivity contribution in [1.29, 1.82) is 0 Å². The first-order valence-corrected chi connectivity index (χ1v) is 14.0. The number of nitrogens with one attached hydrogen (secondary N) is 3. The predicted octanol–water partition coefficient (Wildman–Crippen LogP) is 5.92. The number of hydrogen-bond donors (Lipinski definition) is 3. The van der Waals surface area contributed by atoms with E-state index in [4.69, 9.17) is 4.74 Å². The van der Waals surface area contributed by atoms with Gasteiger partial charge in [-0.25, -0.2) is 4.79 Å². The number of benzene rings is 4. The lowest BCUT2D eigenvalue weighted by Gasteiger charge is -2.13. The summed E-state index contributed by atoms with van der Waals surface area (Å²) in [7, 11) is 1.28. The quantitative estimate of drug-likeness (QED) is 0.122. The highest BCUT2D eigenvalue weighted by Gasteiger charge is 2.17. The van der Waals surface area contributed by atoms with Crippen LogP contribution in [0.15, 0.2) is 114 Å². The van der Waals surface area contributed by atoms with Crippen LogP contribution in [0.25, 0.3) is 6.08 Å². The Bertz CT molecular complexity index is 1640. The fourth-order valence-corrected chi connectivity index (χ4v) is 4.68. The van der Waals surface area contributed by atoms with E-state index in [1.165, 1.54) is 18.9 Å². The van der Waals surface area contributed by atoms with Crippen molar-refractivity contribution in [3.05, 3.63) is 131 Å². The molecule has 0 saturated heterocycles. The van der Waals surface area contributed by atoms with Crippen molar-refractivity contribution >= 4 is 52.9 Å². The number of carbonyl (C=O) groups is 4. The van der Waals surface area contributed by atoms with Gasteiger partial charge in [0.2, 0.25) is 5.91 Å². The van der Waals surface area contributed by atoms with Crippen LogP contribution in [0.5, 0.6) is 0 Å². The molecule has 0 radical (unpaired) electrons. The Kier molecular flexibility index (Phi) is 10.3. The monoisotopic (exact) mass is 579 g/mol. The average molecular weight is 580 g/mol. The molecule has 0 heterocycles. The first kappa shape index (κ1) is 29.8. The molecule has 0 aliphatic rings. The summed E-state index contributed by atoms with van der Waals surface area (Å²) in [6.07, 6.45) is 1.64. The van der Waals surface area contributed by atoms with Crippen molar-refractivity contribution < 1.29 is 23.9 Å². The largest absolute Gasteiger partial charge is 0.465 e. The van der Waals surface area contributed by atoms with Gasteiger partial charge in [-0.2, -0.15) is 0 Å². The molecule has 4 aromatic rings. The van der Waals surface area contributed by atoms with Crippen LogP contribution in [-0.4, -0.2) is 36.6 Å². The van der Waals surface area contributed by atoms with Gasteiger partial charge in [0.15, 0.2) is 0 Å². The second-order valence-corrected chi connectivity index (χ2v) is 10.1. The van der Waals surface area contributed by atoms with Gasteiger partial charge in [0, 0.05) is 16.1 Å². The van der Waals surface area contributed by atoms with Crippen LogP contribution in [-0.2, 0) is 14.3 Å². The molecule has 0 aromatic heterocycles. The second-order valence-electron chi connectivity index (χ2n) is 9.09. The van der Waals surface area contributed by atoms with Gasteiger partial charge in [-0.05, 0) is 66.6 Å². The van der Waals surface area contributed by atoms with E-state index in [0.29, 0.717) is 16.9 Å². The van der Waals surface area contributed by atoms with E-state index < -0.39 is 17.8 Å². The fourth-order valence-electron chi connectivity index (χ4n) is 3.92. The molecule has 9 heteroatoms. The van der Waals surface area contributed by atoms with Gasteiger partial charge in [0.25, 0.3) is 11.8 Å². The summed E-state index contributed by atoms with van der Waals surface area (Å²) in [6, 6.07) is 29.8. The summed E-state index contributed by atoms with van der Waals surface area (Å²) in [6.45, 7) is 1.92. The highest BCUT2D eigenvalue weighted by Crippen LogP contribution is 2.23. The van der Waals surface area contributed by atoms with Crippen LogP contribution < -0.4 is 16.0 Å². The number of aryl methyl sites for hydroxylation is 1. The van der Waals surface area contributed by atoms with E-state index >= 15 is 0 Å². The summed E-state index contributed by atoms with van der Waals surface area (Å²) in [4.78, 5) is 51.6. The van der Waals surface area contributed by atoms with Crippen LogP contribution in [0, 0.1) is 6.92 Å². The molecule has 4 rings (SSSR count). The van der Waals surface area contributed by atoms with Crippen LogP contribution in [0.1, 0.15) is 31.8 Å². The van der Waals surface area contributed by atoms with Crippen molar-refractivity contribution in [3.63, 3.8) is 0 Å². The van der Waals surface area contributed by atoms with Crippen LogP contribution in [0.2, 0.25) is 0 Å². The normalized spacial score (nSPS) is 10.9. The van der Waals surface area contributed by atoms with Crippen molar-refractivity contribution in [2.75, 3.05) is 23.5 Å². The minimum Gasteiger partial charge on any atom is -0.465 e. The molecule has 212 valence electrons. The maximum atomic E-state index is 13.4. The lowest BCUT2D eigenvalue weighted by molar-refractivity contribution is -0.114. The van der Waals surface area contributed by atoms with Crippen molar-refractivity contribution in [1.82, 2.24) is 5.32 Å². The van der Waals surface area contributed by atoms with Crippen molar-refractivity contribution in [3.8, 4) is 0 Å². The number of para-hydroxylation sites is 1. The average Bonchev–Trinajstić information content (AvgIpc) is 3.01. The summed E-state index contributed by atoms with van der Waals surface area (Å²) in [5, 5.41) is 8.33. The van der Waals surface area contributed by atoms with Crippen LogP contribution in [0.4, 0.5) is 11.4 Å². The molecular formula is C33H29N3O5S. The molecule has 4 aromatic carbocycles. The molecule has 8 nitrogen and oxygen atoms in total. The first-order valence-electron chi connectivity index (χ1n) is 13.0. The van der Waals surface area contributed by atoms with E-state index in [1.54, 1.807) is 72.8 Å². The Labute approximate surface area is 248 Å². The molecule has 0 atom stereocenters. The van der Waals surface area contributed by atoms with E-state index in [9.17, 15) is 19.2 Å². The minimum absolute atomic E-state index is 0.0679. The molecule has 0 saturated carbocycles. The van der Waals surface area contributed by atoms with Gasteiger partial charge in [0.1, 0.15) is 5.70 Å². The van der Waals surface area contributed by atoms with E-state index in [1.807, 2.05) is 43.3 Å². The van der Waals surface area contributed by atoms with Gasteiger partial charge in [-0.3, -0.25) is 14.4 Å². The zero-order valence-electron chi connectivity index (χ0n) is 23.0. The molecule has 0 unspecified atom stereocenters. The number of amides is 3. The Hall–Kier alpha value is -5.15. The van der Waals surface area contributed by atoms with E-state index in [2.05, 4.69) is 16.0 Å². The molecule has 3 amide bonds. The Morgan fingerprint density at radius 2 is 1.52 bits per heavy atom. The summed E-state index contributed by atoms with van der Waals surface area (Å²) in [5.41, 5.74) is 3.36. The maximum absolute atomic E-state index is 13.4. The van der Waals surface area contributed by atoms with Gasteiger partial charge >= 0.3 is 5.97 Å². The Morgan fingerprint density at radius 1 is 0.810 bits per heavy atom. The van der Waals surface area contributed by atoms with Gasteiger partial charge in [0.05, 0.1) is 24.1 Å². The first-order chi connectivity index (χ1) is 20.3. The molecular weight excluding hydrogens is 550 g/mol. The lowest BCUT2D eigenvalue weighted by atomic mass is 10.1. The third-order valence-electron chi connectivity index (χ3n) is 6.09. The summed E-state index contributed by atoms with van der Waals surface area (Å²) < 4.78 is 4.77. The second kappa shape index (κ2) is 14.5. The zero-order valence-corrected chi connectivity index (χ0v) is 23.9.